The maximum Gasteiger partial charge on any atom is 0.280 e. The van der Waals surface area contributed by atoms with Gasteiger partial charge in [-0.1, -0.05) is 0 Å². The van der Waals surface area contributed by atoms with Crippen molar-refractivity contribution in [1.82, 2.24) is 10.2 Å². The zero-order chi connectivity index (χ0) is 14.7. The van der Waals surface area contributed by atoms with E-state index in [0.29, 0.717) is 5.75 Å². The monoisotopic (exact) mass is 278 g/mol. The summed E-state index contributed by atoms with van der Waals surface area (Å²) in [6.45, 7) is 0.872. The number of benzene rings is 1. The maximum absolute atomic E-state index is 12.7. The fourth-order valence-electron chi connectivity index (χ4n) is 1.58. The number of piperazine rings is 1. The first kappa shape index (κ1) is 13.7. The Hall–Kier alpha value is -2.70. The second kappa shape index (κ2) is 5.52. The molecule has 0 saturated carbocycles. The minimum absolute atomic E-state index is 0.152. The van der Waals surface area contributed by atoms with Crippen LogP contribution in [0.5, 0.6) is 5.75 Å². The Morgan fingerprint density at radius 1 is 1.35 bits per heavy atom. The van der Waals surface area contributed by atoms with Gasteiger partial charge in [-0.25, -0.2) is 4.39 Å². The lowest BCUT2D eigenvalue weighted by molar-refractivity contribution is -0.147. The highest BCUT2D eigenvalue weighted by Gasteiger charge is 2.31. The summed E-state index contributed by atoms with van der Waals surface area (Å²) in [5.74, 6) is -1.80. The van der Waals surface area contributed by atoms with Gasteiger partial charge in [-0.05, 0) is 24.3 Å². The van der Waals surface area contributed by atoms with Crippen LogP contribution in [0.1, 0.15) is 6.92 Å². The molecule has 3 amide bonds. The van der Waals surface area contributed by atoms with Crippen LogP contribution < -0.4 is 10.1 Å². The first-order chi connectivity index (χ1) is 9.47. The number of imide groups is 1. The SMILES string of the molecule is CC(=O)N1CC(=O)N/C(=C\Oc2ccc(F)cc2)C1=O. The van der Waals surface area contributed by atoms with Crippen LogP contribution in [0, 0.1) is 5.82 Å². The smallest absolute Gasteiger partial charge is 0.280 e. The van der Waals surface area contributed by atoms with Gasteiger partial charge in [0.15, 0.2) is 0 Å². The van der Waals surface area contributed by atoms with Gasteiger partial charge >= 0.3 is 0 Å². The molecule has 0 unspecified atom stereocenters. The second-order valence-corrected chi connectivity index (χ2v) is 4.06. The number of amides is 3. The molecule has 1 heterocycles. The molecule has 1 aromatic carbocycles. The normalized spacial score (nSPS) is 17.1. The highest BCUT2D eigenvalue weighted by Crippen LogP contribution is 2.13. The van der Waals surface area contributed by atoms with Crippen LogP contribution in [0.4, 0.5) is 4.39 Å². The van der Waals surface area contributed by atoms with E-state index in [1.165, 1.54) is 31.2 Å². The van der Waals surface area contributed by atoms with Gasteiger partial charge in [0.2, 0.25) is 11.8 Å². The summed E-state index contributed by atoms with van der Waals surface area (Å²) in [6.07, 6.45) is 1.02. The molecule has 0 bridgehead atoms. The average molecular weight is 278 g/mol. The largest absolute Gasteiger partial charge is 0.463 e. The van der Waals surface area contributed by atoms with Crippen LogP contribution >= 0.6 is 0 Å². The Bertz CT molecular complexity index is 595. The number of nitrogens with zero attached hydrogens (tertiary/aromatic N) is 1. The summed E-state index contributed by atoms with van der Waals surface area (Å²) in [7, 11) is 0. The summed E-state index contributed by atoms with van der Waals surface area (Å²) in [5.41, 5.74) is -0.152. The van der Waals surface area contributed by atoms with E-state index in [1.54, 1.807) is 0 Å². The number of halogens is 1. The fourth-order valence-corrected chi connectivity index (χ4v) is 1.58. The van der Waals surface area contributed by atoms with E-state index in [0.717, 1.165) is 11.2 Å². The van der Waals surface area contributed by atoms with Crippen molar-refractivity contribution in [2.24, 2.45) is 0 Å². The van der Waals surface area contributed by atoms with Gasteiger partial charge in [0.1, 0.15) is 30.1 Å². The molecular weight excluding hydrogens is 267 g/mol. The lowest BCUT2D eigenvalue weighted by Gasteiger charge is -2.25. The van der Waals surface area contributed by atoms with E-state index in [2.05, 4.69) is 5.32 Å². The molecule has 1 aromatic rings. The molecule has 1 saturated heterocycles. The first-order valence-corrected chi connectivity index (χ1v) is 5.72. The quantitative estimate of drug-likeness (QED) is 0.633. The Balaban J connectivity index is 2.15. The molecule has 1 N–H and O–H groups in total. The summed E-state index contributed by atoms with van der Waals surface area (Å²) in [6, 6.07) is 5.11. The molecule has 1 fully saturated rings. The third-order valence-corrected chi connectivity index (χ3v) is 2.56. The summed E-state index contributed by atoms with van der Waals surface area (Å²) in [4.78, 5) is 35.3. The predicted molar refractivity (Wildman–Crippen MR) is 65.6 cm³/mol. The van der Waals surface area contributed by atoms with E-state index < -0.39 is 23.5 Å². The van der Waals surface area contributed by atoms with Crippen molar-refractivity contribution in [2.75, 3.05) is 6.54 Å². The Labute approximate surface area is 113 Å². The van der Waals surface area contributed by atoms with Gasteiger partial charge in [0.05, 0.1) is 0 Å². The van der Waals surface area contributed by atoms with Crippen molar-refractivity contribution in [1.29, 1.82) is 0 Å². The molecule has 0 aliphatic carbocycles. The molecule has 0 radical (unpaired) electrons. The third kappa shape index (κ3) is 3.00. The number of rotatable bonds is 2. The molecule has 1 aliphatic rings. The summed E-state index contributed by atoms with van der Waals surface area (Å²) in [5, 5.41) is 2.31. The fraction of sp³-hybridized carbons (Fsp3) is 0.154. The van der Waals surface area contributed by atoms with Crippen LogP contribution in [0.15, 0.2) is 36.2 Å². The first-order valence-electron chi connectivity index (χ1n) is 5.72. The van der Waals surface area contributed by atoms with Crippen molar-refractivity contribution in [3.8, 4) is 5.75 Å². The minimum Gasteiger partial charge on any atom is -0.463 e. The lowest BCUT2D eigenvalue weighted by Crippen LogP contribution is -2.51. The predicted octanol–water partition coefficient (Wildman–Crippen LogP) is 0.551. The van der Waals surface area contributed by atoms with Crippen molar-refractivity contribution >= 4 is 17.7 Å². The summed E-state index contributed by atoms with van der Waals surface area (Å²) < 4.78 is 17.9. The highest BCUT2D eigenvalue weighted by atomic mass is 19.1. The molecule has 0 atom stereocenters. The Morgan fingerprint density at radius 3 is 2.60 bits per heavy atom. The molecule has 7 heteroatoms. The van der Waals surface area contributed by atoms with Crippen molar-refractivity contribution in [3.63, 3.8) is 0 Å². The molecule has 20 heavy (non-hydrogen) atoms. The standard InChI is InChI=1S/C13H11FN2O4/c1-8(17)16-6-12(18)15-11(13(16)19)7-20-10-4-2-9(14)3-5-10/h2-5,7H,6H2,1H3,(H,15,18)/b11-7-. The van der Waals surface area contributed by atoms with Crippen molar-refractivity contribution in [3.05, 3.63) is 42.0 Å². The van der Waals surface area contributed by atoms with Crippen LogP contribution in [-0.2, 0) is 14.4 Å². The van der Waals surface area contributed by atoms with Gasteiger partial charge in [-0.15, -0.1) is 0 Å². The van der Waals surface area contributed by atoms with Crippen LogP contribution in [-0.4, -0.2) is 29.2 Å². The molecule has 0 aromatic heterocycles. The van der Waals surface area contributed by atoms with Crippen molar-refractivity contribution in [2.45, 2.75) is 6.92 Å². The second-order valence-electron chi connectivity index (χ2n) is 4.06. The molecule has 1 aliphatic heterocycles. The van der Waals surface area contributed by atoms with Gasteiger partial charge in [-0.3, -0.25) is 19.3 Å². The highest BCUT2D eigenvalue weighted by molar-refractivity contribution is 6.10. The van der Waals surface area contributed by atoms with E-state index in [9.17, 15) is 18.8 Å². The maximum atomic E-state index is 12.7. The summed E-state index contributed by atoms with van der Waals surface area (Å²) >= 11 is 0. The topological polar surface area (TPSA) is 75.7 Å². The number of hydrogen-bond acceptors (Lipinski definition) is 4. The number of carbonyl (C=O) groups excluding carboxylic acids is 3. The van der Waals surface area contributed by atoms with Crippen LogP contribution in [0.2, 0.25) is 0 Å². The Morgan fingerprint density at radius 2 is 2.00 bits per heavy atom. The minimum atomic E-state index is -0.654. The average Bonchev–Trinajstić information content (AvgIpc) is 2.41. The van der Waals surface area contributed by atoms with E-state index in [4.69, 9.17) is 4.74 Å². The van der Waals surface area contributed by atoms with Crippen molar-refractivity contribution < 1.29 is 23.5 Å². The van der Waals surface area contributed by atoms with Crippen LogP contribution in [0.25, 0.3) is 0 Å². The molecule has 104 valence electrons. The number of carbonyl (C=O) groups is 3. The third-order valence-electron chi connectivity index (χ3n) is 2.56. The Kier molecular flexibility index (Phi) is 3.79. The van der Waals surface area contributed by atoms with Gasteiger partial charge in [0.25, 0.3) is 5.91 Å². The molecular formula is C13H11FN2O4. The van der Waals surface area contributed by atoms with Gasteiger partial charge in [0, 0.05) is 6.92 Å². The van der Waals surface area contributed by atoms with Gasteiger partial charge in [-0.2, -0.15) is 0 Å². The number of nitrogens with one attached hydrogen (secondary N) is 1. The molecule has 6 nitrogen and oxygen atoms in total. The zero-order valence-electron chi connectivity index (χ0n) is 10.6. The molecule has 0 spiro atoms. The number of hydrogen-bond donors (Lipinski definition) is 1. The van der Waals surface area contributed by atoms with Gasteiger partial charge < -0.3 is 10.1 Å². The van der Waals surface area contributed by atoms with E-state index >= 15 is 0 Å². The van der Waals surface area contributed by atoms with Crippen LogP contribution in [0.3, 0.4) is 0 Å². The number of ether oxygens (including phenoxy) is 1. The zero-order valence-corrected chi connectivity index (χ0v) is 10.6. The lowest BCUT2D eigenvalue weighted by atomic mass is 10.3. The molecule has 2 rings (SSSR count). The van der Waals surface area contributed by atoms with E-state index in [1.807, 2.05) is 0 Å². The van der Waals surface area contributed by atoms with E-state index in [-0.39, 0.29) is 12.2 Å².